The van der Waals surface area contributed by atoms with E-state index in [-0.39, 0.29) is 24.2 Å². The molecule has 1 saturated carbocycles. The van der Waals surface area contributed by atoms with Gasteiger partial charge in [-0.3, -0.25) is 4.79 Å². The van der Waals surface area contributed by atoms with Crippen molar-refractivity contribution in [1.29, 1.82) is 0 Å². The predicted molar refractivity (Wildman–Crippen MR) is 60.4 cm³/mol. The molecule has 0 saturated heterocycles. The van der Waals surface area contributed by atoms with E-state index in [1.165, 1.54) is 18.9 Å². The zero-order chi connectivity index (χ0) is 11.5. The van der Waals surface area contributed by atoms with Crippen LogP contribution in [0, 0.1) is 11.7 Å². The minimum absolute atomic E-state index is 0.0931. The van der Waals surface area contributed by atoms with Gasteiger partial charge in [0.2, 0.25) is 5.91 Å². The quantitative estimate of drug-likeness (QED) is 0.830. The summed E-state index contributed by atoms with van der Waals surface area (Å²) < 4.78 is 13.3. The van der Waals surface area contributed by atoms with Crippen LogP contribution in [0.25, 0.3) is 0 Å². The number of hydrogen-bond donors (Lipinski definition) is 1. The molecule has 0 aromatic heterocycles. The smallest absolute Gasteiger partial charge is 0.224 e. The van der Waals surface area contributed by atoms with Gasteiger partial charge in [-0.1, -0.05) is 18.2 Å². The zero-order valence-corrected chi connectivity index (χ0v) is 9.37. The molecule has 86 valence electrons. The molecular weight excluding hydrogens is 205 g/mol. The summed E-state index contributed by atoms with van der Waals surface area (Å²) in [5.41, 5.74) is 0.461. The molecule has 2 rings (SSSR count). The Balaban J connectivity index is 1.89. The van der Waals surface area contributed by atoms with Crippen LogP contribution in [0.2, 0.25) is 0 Å². The Bertz CT molecular complexity index is 387. The van der Waals surface area contributed by atoms with E-state index >= 15 is 0 Å². The number of amides is 1. The minimum Gasteiger partial charge on any atom is -0.353 e. The van der Waals surface area contributed by atoms with Gasteiger partial charge in [-0.25, -0.2) is 4.39 Å². The lowest BCUT2D eigenvalue weighted by molar-refractivity contribution is -0.121. The normalized spacial score (nSPS) is 16.9. The Kier molecular flexibility index (Phi) is 3.22. The second-order valence-electron chi connectivity index (χ2n) is 4.46. The molecule has 3 heteroatoms. The Morgan fingerprint density at radius 2 is 2.19 bits per heavy atom. The van der Waals surface area contributed by atoms with Crippen molar-refractivity contribution < 1.29 is 9.18 Å². The summed E-state index contributed by atoms with van der Waals surface area (Å²) in [7, 11) is 0. The monoisotopic (exact) mass is 221 g/mol. The number of nitrogens with one attached hydrogen (secondary N) is 1. The van der Waals surface area contributed by atoms with Crippen LogP contribution in [-0.2, 0) is 11.2 Å². The van der Waals surface area contributed by atoms with Crippen molar-refractivity contribution in [3.05, 3.63) is 35.6 Å². The highest BCUT2D eigenvalue weighted by Gasteiger charge is 2.28. The van der Waals surface area contributed by atoms with E-state index in [1.807, 2.05) is 6.92 Å². The van der Waals surface area contributed by atoms with Gasteiger partial charge in [-0.05, 0) is 37.3 Å². The average Bonchev–Trinajstić information content (AvgIpc) is 3.04. The maximum atomic E-state index is 13.3. The van der Waals surface area contributed by atoms with Gasteiger partial charge < -0.3 is 5.32 Å². The first-order valence-corrected chi connectivity index (χ1v) is 5.69. The summed E-state index contributed by atoms with van der Waals surface area (Å²) in [6, 6.07) is 6.63. The van der Waals surface area contributed by atoms with E-state index < -0.39 is 0 Å². The van der Waals surface area contributed by atoms with Gasteiger partial charge in [-0.15, -0.1) is 0 Å². The molecule has 1 N–H and O–H groups in total. The molecule has 1 aromatic rings. The number of benzene rings is 1. The van der Waals surface area contributed by atoms with Gasteiger partial charge in [0.25, 0.3) is 0 Å². The molecule has 1 unspecified atom stereocenters. The molecule has 1 aliphatic carbocycles. The maximum absolute atomic E-state index is 13.3. The van der Waals surface area contributed by atoms with Crippen LogP contribution in [0.4, 0.5) is 4.39 Å². The van der Waals surface area contributed by atoms with E-state index in [0.717, 1.165) is 0 Å². The first-order valence-electron chi connectivity index (χ1n) is 5.69. The van der Waals surface area contributed by atoms with Crippen molar-refractivity contribution >= 4 is 5.91 Å². The molecule has 1 atom stereocenters. The predicted octanol–water partition coefficient (Wildman–Crippen LogP) is 2.28. The van der Waals surface area contributed by atoms with Crippen molar-refractivity contribution in [3.63, 3.8) is 0 Å². The lowest BCUT2D eigenvalue weighted by Gasteiger charge is -2.12. The van der Waals surface area contributed by atoms with Crippen molar-refractivity contribution in [3.8, 4) is 0 Å². The third-order valence-corrected chi connectivity index (χ3v) is 3.03. The molecule has 0 heterocycles. The first kappa shape index (κ1) is 11.1. The number of rotatable bonds is 4. The standard InChI is InChI=1S/C13H16FNO/c1-9(10-6-7-10)15-13(16)8-11-4-2-3-5-12(11)14/h2-5,9-10H,6-8H2,1H3,(H,15,16). The highest BCUT2D eigenvalue weighted by Crippen LogP contribution is 2.32. The van der Waals surface area contributed by atoms with Crippen LogP contribution in [0.3, 0.4) is 0 Å². The maximum Gasteiger partial charge on any atom is 0.224 e. The Morgan fingerprint density at radius 3 is 2.81 bits per heavy atom. The van der Waals surface area contributed by atoms with E-state index in [9.17, 15) is 9.18 Å². The molecule has 1 aromatic carbocycles. The lowest BCUT2D eigenvalue weighted by atomic mass is 10.1. The van der Waals surface area contributed by atoms with Crippen LogP contribution in [-0.4, -0.2) is 11.9 Å². The summed E-state index contributed by atoms with van der Waals surface area (Å²) >= 11 is 0. The molecule has 0 aliphatic heterocycles. The first-order chi connectivity index (χ1) is 7.66. The van der Waals surface area contributed by atoms with Crippen LogP contribution in [0.5, 0.6) is 0 Å². The topological polar surface area (TPSA) is 29.1 Å². The highest BCUT2D eigenvalue weighted by molar-refractivity contribution is 5.78. The summed E-state index contributed by atoms with van der Waals surface area (Å²) in [5, 5.41) is 2.91. The molecule has 1 amide bonds. The SMILES string of the molecule is CC(NC(=O)Cc1ccccc1F)C1CC1. The fourth-order valence-corrected chi connectivity index (χ4v) is 1.83. The number of halogens is 1. The van der Waals surface area contributed by atoms with E-state index in [1.54, 1.807) is 18.2 Å². The second kappa shape index (κ2) is 4.64. The Hall–Kier alpha value is -1.38. The van der Waals surface area contributed by atoms with Crippen molar-refractivity contribution in [1.82, 2.24) is 5.32 Å². The number of hydrogen-bond acceptors (Lipinski definition) is 1. The molecule has 2 nitrogen and oxygen atoms in total. The minimum atomic E-state index is -0.309. The van der Waals surface area contributed by atoms with E-state index in [2.05, 4.69) is 5.32 Å². The molecule has 1 aliphatic rings. The Morgan fingerprint density at radius 1 is 1.50 bits per heavy atom. The Labute approximate surface area is 94.9 Å². The summed E-state index contributed by atoms with van der Waals surface area (Å²) in [6.07, 6.45) is 2.52. The van der Waals surface area contributed by atoms with Crippen molar-refractivity contribution in [2.45, 2.75) is 32.2 Å². The van der Waals surface area contributed by atoms with E-state index in [0.29, 0.717) is 11.5 Å². The summed E-state index contributed by atoms with van der Waals surface area (Å²) in [6.45, 7) is 2.01. The number of carbonyl (C=O) groups is 1. The molecule has 0 bridgehead atoms. The van der Waals surface area contributed by atoms with Gasteiger partial charge in [0.1, 0.15) is 5.82 Å². The molecule has 1 fully saturated rings. The van der Waals surface area contributed by atoms with E-state index in [4.69, 9.17) is 0 Å². The van der Waals surface area contributed by atoms with Crippen LogP contribution < -0.4 is 5.32 Å². The molecule has 0 radical (unpaired) electrons. The van der Waals surface area contributed by atoms with Crippen LogP contribution in [0.15, 0.2) is 24.3 Å². The van der Waals surface area contributed by atoms with Gasteiger partial charge in [0.15, 0.2) is 0 Å². The lowest BCUT2D eigenvalue weighted by Crippen LogP contribution is -2.35. The van der Waals surface area contributed by atoms with Crippen LogP contribution in [0.1, 0.15) is 25.3 Å². The third kappa shape index (κ3) is 2.81. The summed E-state index contributed by atoms with van der Waals surface area (Å²) in [5.74, 6) is 0.228. The van der Waals surface area contributed by atoms with Gasteiger partial charge in [0, 0.05) is 6.04 Å². The van der Waals surface area contributed by atoms with Crippen molar-refractivity contribution in [2.75, 3.05) is 0 Å². The fraction of sp³-hybridized carbons (Fsp3) is 0.462. The molecular formula is C13H16FNO. The van der Waals surface area contributed by atoms with Gasteiger partial charge in [-0.2, -0.15) is 0 Å². The average molecular weight is 221 g/mol. The fourth-order valence-electron chi connectivity index (χ4n) is 1.83. The summed E-state index contributed by atoms with van der Waals surface area (Å²) in [4.78, 5) is 11.6. The third-order valence-electron chi connectivity index (χ3n) is 3.03. The molecule has 0 spiro atoms. The zero-order valence-electron chi connectivity index (χ0n) is 9.37. The van der Waals surface area contributed by atoms with Crippen LogP contribution >= 0.6 is 0 Å². The largest absolute Gasteiger partial charge is 0.353 e. The molecule has 16 heavy (non-hydrogen) atoms. The highest BCUT2D eigenvalue weighted by atomic mass is 19.1. The van der Waals surface area contributed by atoms with Gasteiger partial charge in [0.05, 0.1) is 6.42 Å². The van der Waals surface area contributed by atoms with Gasteiger partial charge >= 0.3 is 0 Å². The number of carbonyl (C=O) groups excluding carboxylic acids is 1. The van der Waals surface area contributed by atoms with Crippen molar-refractivity contribution in [2.24, 2.45) is 5.92 Å². The second-order valence-corrected chi connectivity index (χ2v) is 4.46.